The van der Waals surface area contributed by atoms with Crippen molar-refractivity contribution >= 4 is 28.6 Å². The smallest absolute Gasteiger partial charge is 0.243 e. The molecule has 0 aliphatic carbocycles. The van der Waals surface area contributed by atoms with Crippen molar-refractivity contribution in [3.63, 3.8) is 0 Å². The molecule has 3 aromatic rings. The normalized spacial score (nSPS) is 16.8. The highest BCUT2D eigenvalue weighted by molar-refractivity contribution is 5.93. The molecule has 0 radical (unpaired) electrons. The fourth-order valence-corrected chi connectivity index (χ4v) is 5.99. The molecule has 11 nitrogen and oxygen atoms in total. The maximum absolute atomic E-state index is 11.2. The van der Waals surface area contributed by atoms with Gasteiger partial charge in [-0.3, -0.25) is 19.8 Å². The number of hydrogen-bond donors (Lipinski definition) is 3. The van der Waals surface area contributed by atoms with Crippen LogP contribution in [0.1, 0.15) is 44.1 Å². The van der Waals surface area contributed by atoms with Gasteiger partial charge in [0.2, 0.25) is 11.9 Å². The van der Waals surface area contributed by atoms with Gasteiger partial charge in [-0.1, -0.05) is 36.8 Å². The third-order valence-corrected chi connectivity index (χ3v) is 8.52. The van der Waals surface area contributed by atoms with E-state index >= 15 is 0 Å². The zero-order valence-corrected chi connectivity index (χ0v) is 25.4. The van der Waals surface area contributed by atoms with Crippen LogP contribution < -0.4 is 25.2 Å². The Hall–Kier alpha value is -3.67. The molecule has 2 aromatic carbocycles. The molecule has 3 N–H and O–H groups in total. The van der Waals surface area contributed by atoms with E-state index in [1.807, 2.05) is 12.1 Å². The molecule has 232 valence electrons. The molecular weight excluding hydrogens is 546 g/mol. The molecule has 0 bridgehead atoms. The number of hydrogen-bond acceptors (Lipinski definition) is 10. The molecule has 2 aliphatic rings. The van der Waals surface area contributed by atoms with Crippen LogP contribution in [-0.2, 0) is 11.3 Å². The van der Waals surface area contributed by atoms with Gasteiger partial charge in [-0.2, -0.15) is 4.98 Å². The minimum Gasteiger partial charge on any atom is -0.493 e. The Morgan fingerprint density at radius 3 is 2.33 bits per heavy atom. The number of unbranched alkanes of at least 4 members (excludes halogenated alkanes) is 2. The molecule has 3 heterocycles. The predicted octanol–water partition coefficient (Wildman–Crippen LogP) is 3.91. The molecule has 1 amide bonds. The number of carbonyl (C=O) groups is 1. The summed E-state index contributed by atoms with van der Waals surface area (Å²) in [6, 6.07) is 14.9. The number of piperidine rings is 1. The van der Waals surface area contributed by atoms with Gasteiger partial charge in [-0.25, -0.2) is 10.5 Å². The fraction of sp³-hybridized carbons (Fsp3) is 0.531. The summed E-state index contributed by atoms with van der Waals surface area (Å²) in [5, 5.41) is 13.4. The first-order valence-electron chi connectivity index (χ1n) is 15.4. The summed E-state index contributed by atoms with van der Waals surface area (Å²) in [7, 11) is 3.30. The monoisotopic (exact) mass is 591 g/mol. The Morgan fingerprint density at radius 2 is 1.63 bits per heavy atom. The lowest BCUT2D eigenvalue weighted by Gasteiger charge is -2.35. The Balaban J connectivity index is 1.24. The van der Waals surface area contributed by atoms with Crippen molar-refractivity contribution in [1.82, 2.24) is 25.2 Å². The van der Waals surface area contributed by atoms with Crippen LogP contribution in [-0.4, -0.2) is 97.0 Å². The second-order valence-corrected chi connectivity index (χ2v) is 11.5. The Kier molecular flexibility index (Phi) is 10.9. The van der Waals surface area contributed by atoms with Gasteiger partial charge in [0.25, 0.3) is 0 Å². The van der Waals surface area contributed by atoms with E-state index in [0.29, 0.717) is 24.0 Å². The SMILES string of the molecule is COc1cc2nc(N3CCN(CCCCCC(=O)NO)CC3)nc(NC3CCN(Cc4ccccc4)CC3)c2cc1OC. The summed E-state index contributed by atoms with van der Waals surface area (Å²) in [6.45, 7) is 7.64. The molecule has 1 aromatic heterocycles. The lowest BCUT2D eigenvalue weighted by Crippen LogP contribution is -2.47. The second kappa shape index (κ2) is 15.2. The van der Waals surface area contributed by atoms with Crippen LogP contribution in [0.3, 0.4) is 0 Å². The van der Waals surface area contributed by atoms with Gasteiger partial charge in [0.1, 0.15) is 5.82 Å². The van der Waals surface area contributed by atoms with E-state index in [-0.39, 0.29) is 5.91 Å². The highest BCUT2D eigenvalue weighted by Crippen LogP contribution is 2.36. The van der Waals surface area contributed by atoms with E-state index in [4.69, 9.17) is 24.6 Å². The maximum Gasteiger partial charge on any atom is 0.243 e. The number of carbonyl (C=O) groups excluding carboxylic acids is 1. The number of aromatic nitrogens is 2. The van der Waals surface area contributed by atoms with Crippen LogP contribution >= 0.6 is 0 Å². The first-order valence-corrected chi connectivity index (χ1v) is 15.4. The number of anilines is 2. The first kappa shape index (κ1) is 30.8. The molecule has 0 atom stereocenters. The standard InChI is InChI=1S/C32H45N7O4/c1-42-28-21-26-27(22-29(28)43-2)34-32(39-19-17-37(18-20-39)14-8-4-7-11-30(40)36-41)35-31(26)33-25-12-15-38(16-13-25)23-24-9-5-3-6-10-24/h3,5-6,9-10,21-22,25,41H,4,7-8,11-20,23H2,1-2H3,(H,36,40)(H,33,34,35). The van der Waals surface area contributed by atoms with E-state index in [0.717, 1.165) is 107 Å². The molecule has 0 spiro atoms. The molecule has 11 heteroatoms. The second-order valence-electron chi connectivity index (χ2n) is 11.5. The zero-order valence-electron chi connectivity index (χ0n) is 25.4. The summed E-state index contributed by atoms with van der Waals surface area (Å²) < 4.78 is 11.2. The highest BCUT2D eigenvalue weighted by atomic mass is 16.5. The number of piperazine rings is 1. The first-order chi connectivity index (χ1) is 21.1. The van der Waals surface area contributed by atoms with Crippen molar-refractivity contribution in [3.05, 3.63) is 48.0 Å². The summed E-state index contributed by atoms with van der Waals surface area (Å²) in [4.78, 5) is 28.5. The number of rotatable bonds is 13. The summed E-state index contributed by atoms with van der Waals surface area (Å²) in [5.41, 5.74) is 3.89. The van der Waals surface area contributed by atoms with Crippen LogP contribution in [0.5, 0.6) is 11.5 Å². The number of likely N-dealkylation sites (tertiary alicyclic amines) is 1. The number of hydroxylamine groups is 1. The van der Waals surface area contributed by atoms with Gasteiger partial charge in [-0.05, 0) is 43.9 Å². The third kappa shape index (κ3) is 8.25. The van der Waals surface area contributed by atoms with Crippen LogP contribution in [0.15, 0.2) is 42.5 Å². The van der Waals surface area contributed by atoms with Crippen molar-refractivity contribution in [2.45, 2.75) is 51.1 Å². The van der Waals surface area contributed by atoms with E-state index in [1.165, 1.54) is 5.56 Å². The largest absolute Gasteiger partial charge is 0.493 e. The van der Waals surface area contributed by atoms with Crippen molar-refractivity contribution in [1.29, 1.82) is 0 Å². The average Bonchev–Trinajstić information content (AvgIpc) is 3.05. The number of amides is 1. The lowest BCUT2D eigenvalue weighted by atomic mass is 10.0. The minimum absolute atomic E-state index is 0.317. The molecule has 5 rings (SSSR count). The van der Waals surface area contributed by atoms with E-state index < -0.39 is 0 Å². The molecule has 43 heavy (non-hydrogen) atoms. The topological polar surface area (TPSA) is 115 Å². The van der Waals surface area contributed by atoms with Gasteiger partial charge >= 0.3 is 0 Å². The molecule has 2 fully saturated rings. The Labute approximate surface area is 254 Å². The van der Waals surface area contributed by atoms with Crippen molar-refractivity contribution < 1.29 is 19.5 Å². The Morgan fingerprint density at radius 1 is 0.907 bits per heavy atom. The van der Waals surface area contributed by atoms with Crippen LogP contribution in [0.2, 0.25) is 0 Å². The summed E-state index contributed by atoms with van der Waals surface area (Å²) in [6.07, 6.45) is 5.24. The summed E-state index contributed by atoms with van der Waals surface area (Å²) in [5.74, 6) is 2.58. The van der Waals surface area contributed by atoms with Crippen LogP contribution in [0.4, 0.5) is 11.8 Å². The maximum atomic E-state index is 11.2. The zero-order chi connectivity index (χ0) is 30.0. The quantitative estimate of drug-likeness (QED) is 0.154. The van der Waals surface area contributed by atoms with Crippen LogP contribution in [0.25, 0.3) is 10.9 Å². The number of methoxy groups -OCH3 is 2. The fourth-order valence-electron chi connectivity index (χ4n) is 5.99. The third-order valence-electron chi connectivity index (χ3n) is 8.52. The van der Waals surface area contributed by atoms with Crippen molar-refractivity contribution in [3.8, 4) is 11.5 Å². The number of ether oxygens (including phenoxy) is 2. The highest BCUT2D eigenvalue weighted by Gasteiger charge is 2.24. The molecule has 0 saturated carbocycles. The number of fused-ring (bicyclic) bond motifs is 1. The number of benzene rings is 2. The Bertz CT molecular complexity index is 1330. The van der Waals surface area contributed by atoms with E-state index in [1.54, 1.807) is 19.7 Å². The minimum atomic E-state index is -0.317. The van der Waals surface area contributed by atoms with Crippen molar-refractivity contribution in [2.24, 2.45) is 0 Å². The van der Waals surface area contributed by atoms with E-state index in [9.17, 15) is 4.79 Å². The van der Waals surface area contributed by atoms with E-state index in [2.05, 4.69) is 50.3 Å². The van der Waals surface area contributed by atoms with Gasteiger partial charge in [0, 0.05) is 69.7 Å². The van der Waals surface area contributed by atoms with Gasteiger partial charge in [-0.15, -0.1) is 0 Å². The van der Waals surface area contributed by atoms with Crippen molar-refractivity contribution in [2.75, 3.05) is 70.2 Å². The van der Waals surface area contributed by atoms with Gasteiger partial charge in [0.05, 0.1) is 19.7 Å². The molecule has 2 aliphatic heterocycles. The average molecular weight is 592 g/mol. The van der Waals surface area contributed by atoms with Gasteiger partial charge in [0.15, 0.2) is 11.5 Å². The number of nitrogens with zero attached hydrogens (tertiary/aromatic N) is 5. The molecule has 0 unspecified atom stereocenters. The van der Waals surface area contributed by atoms with Crippen LogP contribution in [0, 0.1) is 0 Å². The summed E-state index contributed by atoms with van der Waals surface area (Å²) >= 11 is 0. The lowest BCUT2D eigenvalue weighted by molar-refractivity contribution is -0.129. The number of nitrogens with one attached hydrogen (secondary N) is 2. The molecular formula is C32H45N7O4. The predicted molar refractivity (Wildman–Crippen MR) is 168 cm³/mol. The molecule has 2 saturated heterocycles. The van der Waals surface area contributed by atoms with Gasteiger partial charge < -0.3 is 19.7 Å².